The first-order chi connectivity index (χ1) is 9.65. The molecule has 0 aliphatic carbocycles. The predicted octanol–water partition coefficient (Wildman–Crippen LogP) is 1.15. The van der Waals surface area contributed by atoms with Crippen LogP contribution in [0.4, 0.5) is 11.4 Å². The van der Waals surface area contributed by atoms with E-state index < -0.39 is 6.10 Å². The van der Waals surface area contributed by atoms with Crippen LogP contribution in [0.5, 0.6) is 0 Å². The van der Waals surface area contributed by atoms with Crippen molar-refractivity contribution in [3.63, 3.8) is 0 Å². The number of rotatable bonds is 5. The summed E-state index contributed by atoms with van der Waals surface area (Å²) in [4.78, 5) is 25.2. The first-order valence-corrected chi connectivity index (χ1v) is 6.60. The predicted molar refractivity (Wildman–Crippen MR) is 83.8 cm³/mol. The van der Waals surface area contributed by atoms with Gasteiger partial charge in [0.2, 0.25) is 5.91 Å². The number of hydrogen-bond acceptors (Lipinski definition) is 4. The van der Waals surface area contributed by atoms with Crippen molar-refractivity contribution in [1.29, 1.82) is 0 Å². The lowest BCUT2D eigenvalue weighted by molar-refractivity contribution is -0.125. The van der Waals surface area contributed by atoms with Crippen LogP contribution < -0.4 is 16.0 Å². The Hall–Kier alpha value is -1.63. The molecule has 2 rings (SSSR count). The highest BCUT2D eigenvalue weighted by Gasteiger charge is 2.21. The third-order valence-electron chi connectivity index (χ3n) is 3.31. The normalized spacial score (nSPS) is 15.5. The van der Waals surface area contributed by atoms with Gasteiger partial charge in [-0.1, -0.05) is 0 Å². The molecule has 21 heavy (non-hydrogen) atoms. The Kier molecular flexibility index (Phi) is 6.61. The Labute approximate surface area is 130 Å². The number of nitrogens with two attached hydrogens (primary N) is 1. The number of ether oxygens (including phenoxy) is 1. The van der Waals surface area contributed by atoms with Gasteiger partial charge in [-0.25, -0.2) is 0 Å². The van der Waals surface area contributed by atoms with Crippen molar-refractivity contribution in [3.05, 3.63) is 24.3 Å². The van der Waals surface area contributed by atoms with Gasteiger partial charge in [-0.15, -0.1) is 12.4 Å². The molecule has 0 bridgehead atoms. The van der Waals surface area contributed by atoms with E-state index in [1.807, 2.05) is 12.1 Å². The summed E-state index contributed by atoms with van der Waals surface area (Å²) in [6, 6.07) is 7.18. The Morgan fingerprint density at radius 3 is 2.57 bits per heavy atom. The Morgan fingerprint density at radius 1 is 1.43 bits per heavy atom. The zero-order valence-corrected chi connectivity index (χ0v) is 12.7. The second-order valence-electron chi connectivity index (χ2n) is 4.65. The van der Waals surface area contributed by atoms with Crippen LogP contribution in [0.15, 0.2) is 24.3 Å². The van der Waals surface area contributed by atoms with E-state index in [1.54, 1.807) is 17.0 Å². The molecule has 2 amide bonds. The molecule has 3 N–H and O–H groups in total. The molecule has 0 saturated carbocycles. The van der Waals surface area contributed by atoms with Crippen molar-refractivity contribution in [1.82, 2.24) is 0 Å². The summed E-state index contributed by atoms with van der Waals surface area (Å²) >= 11 is 0. The van der Waals surface area contributed by atoms with Gasteiger partial charge in [-0.05, 0) is 30.7 Å². The minimum Gasteiger partial charge on any atom is -0.370 e. The fraction of sp³-hybridized carbons (Fsp3) is 0.429. The zero-order chi connectivity index (χ0) is 14.5. The number of benzene rings is 1. The van der Waals surface area contributed by atoms with Crippen molar-refractivity contribution >= 4 is 35.6 Å². The van der Waals surface area contributed by atoms with Gasteiger partial charge in [0.15, 0.2) is 0 Å². The number of carbonyl (C=O) groups is 2. The molecule has 1 heterocycles. The third kappa shape index (κ3) is 4.17. The number of amides is 2. The largest absolute Gasteiger partial charge is 0.370 e. The number of halogens is 1. The molecular weight excluding hydrogens is 294 g/mol. The standard InChI is InChI=1S/C14H19N3O3.ClH/c1-20-12(9-15)14(19)16-10-4-6-11(7-5-10)17-8-2-3-13(17)18;/h4-7,12H,2-3,8-9,15H2,1H3,(H,16,19);1H. The monoisotopic (exact) mass is 313 g/mol. The first-order valence-electron chi connectivity index (χ1n) is 6.60. The second-order valence-corrected chi connectivity index (χ2v) is 4.65. The molecule has 0 aromatic heterocycles. The molecule has 1 aliphatic rings. The summed E-state index contributed by atoms with van der Waals surface area (Å²) < 4.78 is 4.96. The highest BCUT2D eigenvalue weighted by atomic mass is 35.5. The average Bonchev–Trinajstić information content (AvgIpc) is 2.87. The number of nitrogens with one attached hydrogen (secondary N) is 1. The van der Waals surface area contributed by atoms with Gasteiger partial charge in [0.1, 0.15) is 6.10 Å². The van der Waals surface area contributed by atoms with Gasteiger partial charge in [0.05, 0.1) is 0 Å². The van der Waals surface area contributed by atoms with Crippen molar-refractivity contribution < 1.29 is 14.3 Å². The smallest absolute Gasteiger partial charge is 0.254 e. The van der Waals surface area contributed by atoms with Crippen LogP contribution in [0.25, 0.3) is 0 Å². The third-order valence-corrected chi connectivity index (χ3v) is 3.31. The maximum absolute atomic E-state index is 11.8. The zero-order valence-electron chi connectivity index (χ0n) is 11.9. The number of hydrogen-bond donors (Lipinski definition) is 2. The summed E-state index contributed by atoms with van der Waals surface area (Å²) in [5.41, 5.74) is 6.94. The van der Waals surface area contributed by atoms with Crippen LogP contribution in [0.2, 0.25) is 0 Å². The summed E-state index contributed by atoms with van der Waals surface area (Å²) in [5.74, 6) is -0.135. The molecule has 1 aromatic carbocycles. The van der Waals surface area contributed by atoms with Gasteiger partial charge >= 0.3 is 0 Å². The van der Waals surface area contributed by atoms with Crippen LogP contribution in [0.3, 0.4) is 0 Å². The first kappa shape index (κ1) is 17.4. The maximum atomic E-state index is 11.8. The second kappa shape index (κ2) is 7.97. The van der Waals surface area contributed by atoms with E-state index in [0.717, 1.165) is 18.7 Å². The number of anilines is 2. The molecule has 1 saturated heterocycles. The summed E-state index contributed by atoms with van der Waals surface area (Å²) in [7, 11) is 1.44. The minimum absolute atomic E-state index is 0. The maximum Gasteiger partial charge on any atom is 0.254 e. The molecule has 0 spiro atoms. The Balaban J connectivity index is 0.00000220. The van der Waals surface area contributed by atoms with Gasteiger partial charge in [-0.3, -0.25) is 9.59 Å². The number of methoxy groups -OCH3 is 1. The van der Waals surface area contributed by atoms with Gasteiger partial charge in [0, 0.05) is 38.0 Å². The summed E-state index contributed by atoms with van der Waals surface area (Å²) in [5, 5.41) is 2.73. The fourth-order valence-corrected chi connectivity index (χ4v) is 2.18. The summed E-state index contributed by atoms with van der Waals surface area (Å²) in [6.07, 6.45) is 0.836. The molecule has 1 fully saturated rings. The van der Waals surface area contributed by atoms with E-state index in [1.165, 1.54) is 7.11 Å². The highest BCUT2D eigenvalue weighted by molar-refractivity contribution is 5.97. The lowest BCUT2D eigenvalue weighted by Crippen LogP contribution is -2.35. The fourth-order valence-electron chi connectivity index (χ4n) is 2.18. The molecule has 7 heteroatoms. The Bertz CT molecular complexity index is 489. The molecule has 1 aliphatic heterocycles. The van der Waals surface area contributed by atoms with Crippen LogP contribution >= 0.6 is 12.4 Å². The lowest BCUT2D eigenvalue weighted by atomic mass is 10.2. The molecule has 6 nitrogen and oxygen atoms in total. The van der Waals surface area contributed by atoms with Gasteiger partial charge < -0.3 is 20.7 Å². The van der Waals surface area contributed by atoms with E-state index in [-0.39, 0.29) is 30.8 Å². The van der Waals surface area contributed by atoms with Crippen LogP contribution in [0, 0.1) is 0 Å². The average molecular weight is 314 g/mol. The van der Waals surface area contributed by atoms with E-state index in [0.29, 0.717) is 12.1 Å². The topological polar surface area (TPSA) is 84.7 Å². The van der Waals surface area contributed by atoms with E-state index in [4.69, 9.17) is 10.5 Å². The van der Waals surface area contributed by atoms with E-state index in [2.05, 4.69) is 5.32 Å². The van der Waals surface area contributed by atoms with Crippen molar-refractivity contribution in [3.8, 4) is 0 Å². The Morgan fingerprint density at radius 2 is 2.10 bits per heavy atom. The lowest BCUT2D eigenvalue weighted by Gasteiger charge is -2.17. The van der Waals surface area contributed by atoms with Crippen molar-refractivity contribution in [2.24, 2.45) is 5.73 Å². The SMILES string of the molecule is COC(CN)C(=O)Nc1ccc(N2CCCC2=O)cc1.Cl. The molecule has 1 atom stereocenters. The van der Waals surface area contributed by atoms with Crippen molar-refractivity contribution in [2.75, 3.05) is 30.4 Å². The van der Waals surface area contributed by atoms with E-state index >= 15 is 0 Å². The molecule has 0 radical (unpaired) electrons. The van der Waals surface area contributed by atoms with E-state index in [9.17, 15) is 9.59 Å². The highest BCUT2D eigenvalue weighted by Crippen LogP contribution is 2.23. The molecule has 116 valence electrons. The molecular formula is C14H20ClN3O3. The van der Waals surface area contributed by atoms with Gasteiger partial charge in [-0.2, -0.15) is 0 Å². The van der Waals surface area contributed by atoms with Crippen LogP contribution in [-0.2, 0) is 14.3 Å². The number of carbonyl (C=O) groups excluding carboxylic acids is 2. The van der Waals surface area contributed by atoms with Gasteiger partial charge in [0.25, 0.3) is 5.91 Å². The minimum atomic E-state index is -0.658. The van der Waals surface area contributed by atoms with Crippen LogP contribution in [0.1, 0.15) is 12.8 Å². The van der Waals surface area contributed by atoms with Crippen molar-refractivity contribution in [2.45, 2.75) is 18.9 Å². The molecule has 1 aromatic rings. The van der Waals surface area contributed by atoms with Crippen LogP contribution in [-0.4, -0.2) is 38.1 Å². The summed E-state index contributed by atoms with van der Waals surface area (Å²) in [6.45, 7) is 0.881. The number of nitrogens with zero attached hydrogens (tertiary/aromatic N) is 1. The molecule has 1 unspecified atom stereocenters. The quantitative estimate of drug-likeness (QED) is 0.854.